The van der Waals surface area contributed by atoms with E-state index in [-0.39, 0.29) is 6.79 Å². The molecule has 0 fully saturated rings. The van der Waals surface area contributed by atoms with Gasteiger partial charge in [0, 0.05) is 30.4 Å². The van der Waals surface area contributed by atoms with Crippen LogP contribution in [0.25, 0.3) is 0 Å². The van der Waals surface area contributed by atoms with E-state index in [4.69, 9.17) is 23.7 Å². The second-order valence-corrected chi connectivity index (χ2v) is 6.37. The molecule has 2 aromatic carbocycles. The Morgan fingerprint density at radius 1 is 0.867 bits per heavy atom. The summed E-state index contributed by atoms with van der Waals surface area (Å²) in [5.41, 5.74) is 1.79. The molecule has 1 aliphatic heterocycles. The molecule has 0 unspecified atom stereocenters. The molecule has 1 aromatic heterocycles. The van der Waals surface area contributed by atoms with Gasteiger partial charge >= 0.3 is 0 Å². The molecule has 1 aliphatic rings. The van der Waals surface area contributed by atoms with Gasteiger partial charge in [-0.25, -0.2) is 9.97 Å². The summed E-state index contributed by atoms with van der Waals surface area (Å²) >= 11 is 0. The van der Waals surface area contributed by atoms with E-state index in [1.54, 1.807) is 21.3 Å². The van der Waals surface area contributed by atoms with Gasteiger partial charge in [0.2, 0.25) is 12.5 Å². The van der Waals surface area contributed by atoms with Crippen LogP contribution < -0.4 is 34.3 Å². The molecule has 9 nitrogen and oxygen atoms in total. The van der Waals surface area contributed by atoms with Gasteiger partial charge in [0.05, 0.1) is 21.3 Å². The standard InChI is InChI=1S/C21H22N4O5/c1-26-17-7-14(8-18(27-2)21(17)28-3)25-20-9-19(23-11-24-20)22-10-13-4-5-15-16(6-13)30-12-29-15/h4-9,11H,10,12H2,1-3H3,(H2,22,23,24,25). The van der Waals surface area contributed by atoms with Crippen LogP contribution in [0.3, 0.4) is 0 Å². The number of fused-ring (bicyclic) bond motifs is 1. The lowest BCUT2D eigenvalue weighted by molar-refractivity contribution is 0.174. The zero-order valence-corrected chi connectivity index (χ0v) is 16.9. The monoisotopic (exact) mass is 410 g/mol. The molecule has 0 saturated carbocycles. The van der Waals surface area contributed by atoms with Crippen molar-refractivity contribution in [1.82, 2.24) is 9.97 Å². The van der Waals surface area contributed by atoms with Crippen molar-refractivity contribution < 1.29 is 23.7 Å². The number of nitrogens with zero attached hydrogens (tertiary/aromatic N) is 2. The summed E-state index contributed by atoms with van der Waals surface area (Å²) in [4.78, 5) is 8.55. The molecule has 0 bridgehead atoms. The minimum atomic E-state index is 0.258. The molecule has 0 radical (unpaired) electrons. The zero-order valence-electron chi connectivity index (χ0n) is 16.9. The average molecular weight is 410 g/mol. The second kappa shape index (κ2) is 8.64. The van der Waals surface area contributed by atoms with Gasteiger partial charge in [-0.15, -0.1) is 0 Å². The lowest BCUT2D eigenvalue weighted by Crippen LogP contribution is -2.03. The van der Waals surface area contributed by atoms with Crippen LogP contribution in [0.5, 0.6) is 28.7 Å². The molecule has 4 rings (SSSR count). The lowest BCUT2D eigenvalue weighted by Gasteiger charge is -2.15. The molecule has 2 heterocycles. The number of hydrogen-bond donors (Lipinski definition) is 2. The summed E-state index contributed by atoms with van der Waals surface area (Å²) in [6, 6.07) is 11.3. The molecule has 9 heteroatoms. The van der Waals surface area contributed by atoms with Crippen LogP contribution in [-0.2, 0) is 6.54 Å². The van der Waals surface area contributed by atoms with Crippen molar-refractivity contribution in [2.75, 3.05) is 38.8 Å². The first-order chi connectivity index (χ1) is 14.7. The van der Waals surface area contributed by atoms with Gasteiger partial charge in [-0.05, 0) is 17.7 Å². The van der Waals surface area contributed by atoms with Gasteiger partial charge in [0.15, 0.2) is 23.0 Å². The maximum Gasteiger partial charge on any atom is 0.231 e. The summed E-state index contributed by atoms with van der Waals surface area (Å²) in [5.74, 6) is 4.44. The first-order valence-corrected chi connectivity index (χ1v) is 9.21. The van der Waals surface area contributed by atoms with Gasteiger partial charge in [-0.1, -0.05) is 6.07 Å². The van der Waals surface area contributed by atoms with E-state index in [9.17, 15) is 0 Å². The van der Waals surface area contributed by atoms with Crippen molar-refractivity contribution in [3.8, 4) is 28.7 Å². The van der Waals surface area contributed by atoms with E-state index in [2.05, 4.69) is 20.6 Å². The molecule has 2 N–H and O–H groups in total. The number of ether oxygens (including phenoxy) is 5. The fourth-order valence-electron chi connectivity index (χ4n) is 3.07. The maximum absolute atomic E-state index is 5.42. The number of aromatic nitrogens is 2. The van der Waals surface area contributed by atoms with Crippen molar-refractivity contribution in [2.24, 2.45) is 0 Å². The Hall–Kier alpha value is -3.88. The number of anilines is 3. The van der Waals surface area contributed by atoms with Crippen LogP contribution in [-0.4, -0.2) is 38.1 Å². The van der Waals surface area contributed by atoms with Crippen LogP contribution >= 0.6 is 0 Å². The SMILES string of the molecule is COc1cc(Nc2cc(NCc3ccc4c(c3)OCO4)ncn2)cc(OC)c1OC. The summed E-state index contributed by atoms with van der Waals surface area (Å²) in [7, 11) is 4.71. The third-order valence-corrected chi connectivity index (χ3v) is 4.51. The maximum atomic E-state index is 5.42. The minimum Gasteiger partial charge on any atom is -0.493 e. The topological polar surface area (TPSA) is 96.0 Å². The fourth-order valence-corrected chi connectivity index (χ4v) is 3.07. The molecule has 0 aliphatic carbocycles. The van der Waals surface area contributed by atoms with Gasteiger partial charge in [-0.2, -0.15) is 0 Å². The Balaban J connectivity index is 1.47. The highest BCUT2D eigenvalue weighted by atomic mass is 16.7. The van der Waals surface area contributed by atoms with Crippen molar-refractivity contribution >= 4 is 17.3 Å². The van der Waals surface area contributed by atoms with Crippen molar-refractivity contribution in [1.29, 1.82) is 0 Å². The summed E-state index contributed by atoms with van der Waals surface area (Å²) in [6.45, 7) is 0.839. The highest BCUT2D eigenvalue weighted by Gasteiger charge is 2.14. The predicted octanol–water partition coefficient (Wildman–Crippen LogP) is 3.59. The van der Waals surface area contributed by atoms with E-state index < -0.39 is 0 Å². The van der Waals surface area contributed by atoms with Crippen LogP contribution in [0.4, 0.5) is 17.3 Å². The smallest absolute Gasteiger partial charge is 0.231 e. The summed E-state index contributed by atoms with van der Waals surface area (Å²) < 4.78 is 26.9. The molecular formula is C21H22N4O5. The Kier molecular flexibility index (Phi) is 5.60. The molecule has 156 valence electrons. The number of nitrogens with one attached hydrogen (secondary N) is 2. The highest BCUT2D eigenvalue weighted by Crippen LogP contribution is 2.40. The van der Waals surface area contributed by atoms with Crippen LogP contribution in [0.1, 0.15) is 5.56 Å². The summed E-state index contributed by atoms with van der Waals surface area (Å²) in [5, 5.41) is 6.52. The number of rotatable bonds is 8. The number of methoxy groups -OCH3 is 3. The molecule has 0 amide bonds. The van der Waals surface area contributed by atoms with E-state index in [0.29, 0.717) is 35.4 Å². The Bertz CT molecular complexity index is 1020. The summed E-state index contributed by atoms with van der Waals surface area (Å²) in [6.07, 6.45) is 1.49. The Labute approximate surface area is 173 Å². The average Bonchev–Trinajstić information content (AvgIpc) is 3.25. The molecule has 0 atom stereocenters. The predicted molar refractivity (Wildman–Crippen MR) is 111 cm³/mol. The molecule has 30 heavy (non-hydrogen) atoms. The third-order valence-electron chi connectivity index (χ3n) is 4.51. The van der Waals surface area contributed by atoms with E-state index >= 15 is 0 Å². The molecular weight excluding hydrogens is 388 g/mol. The van der Waals surface area contributed by atoms with E-state index in [0.717, 1.165) is 22.7 Å². The second-order valence-electron chi connectivity index (χ2n) is 6.37. The van der Waals surface area contributed by atoms with Gasteiger partial charge < -0.3 is 34.3 Å². The first kappa shape index (κ1) is 19.4. The van der Waals surface area contributed by atoms with Gasteiger partial charge in [0.1, 0.15) is 18.0 Å². The van der Waals surface area contributed by atoms with Crippen molar-refractivity contribution in [3.63, 3.8) is 0 Å². The minimum absolute atomic E-state index is 0.258. The molecule has 0 saturated heterocycles. The van der Waals surface area contributed by atoms with E-state index in [1.165, 1.54) is 6.33 Å². The Morgan fingerprint density at radius 3 is 2.33 bits per heavy atom. The molecule has 0 spiro atoms. The number of benzene rings is 2. The van der Waals surface area contributed by atoms with E-state index in [1.807, 2.05) is 36.4 Å². The fraction of sp³-hybridized carbons (Fsp3) is 0.238. The van der Waals surface area contributed by atoms with Gasteiger partial charge in [0.25, 0.3) is 0 Å². The van der Waals surface area contributed by atoms with Crippen LogP contribution in [0, 0.1) is 0 Å². The van der Waals surface area contributed by atoms with Crippen molar-refractivity contribution in [3.05, 3.63) is 48.3 Å². The lowest BCUT2D eigenvalue weighted by atomic mass is 10.2. The van der Waals surface area contributed by atoms with Crippen LogP contribution in [0.2, 0.25) is 0 Å². The molecule has 3 aromatic rings. The Morgan fingerprint density at radius 2 is 1.60 bits per heavy atom. The highest BCUT2D eigenvalue weighted by molar-refractivity contribution is 5.67. The van der Waals surface area contributed by atoms with Crippen molar-refractivity contribution in [2.45, 2.75) is 6.54 Å². The normalized spacial score (nSPS) is 11.7. The zero-order chi connectivity index (χ0) is 20.9. The quantitative estimate of drug-likeness (QED) is 0.577. The first-order valence-electron chi connectivity index (χ1n) is 9.21. The third kappa shape index (κ3) is 4.09. The van der Waals surface area contributed by atoms with Gasteiger partial charge in [-0.3, -0.25) is 0 Å². The largest absolute Gasteiger partial charge is 0.493 e. The van der Waals surface area contributed by atoms with Crippen LogP contribution in [0.15, 0.2) is 42.7 Å². The number of hydrogen-bond acceptors (Lipinski definition) is 9.